The number of hydrogen-bond acceptors (Lipinski definition) is 3. The van der Waals surface area contributed by atoms with E-state index in [2.05, 4.69) is 47.5 Å². The predicted octanol–water partition coefficient (Wildman–Crippen LogP) is 2.12. The fourth-order valence-electron chi connectivity index (χ4n) is 2.55. The third-order valence-electron chi connectivity index (χ3n) is 3.62. The fraction of sp³-hybridized carbons (Fsp3) is 0.400. The number of nitrogens with zero attached hydrogens (tertiary/aromatic N) is 2. The molecule has 3 nitrogen and oxygen atoms in total. The zero-order valence-corrected chi connectivity index (χ0v) is 10.8. The molecule has 0 spiro atoms. The molecule has 1 N–H and O–H groups in total. The van der Waals surface area contributed by atoms with Crippen LogP contribution >= 0.6 is 0 Å². The van der Waals surface area contributed by atoms with Crippen molar-refractivity contribution in [2.24, 2.45) is 4.99 Å². The van der Waals surface area contributed by atoms with E-state index in [1.807, 2.05) is 0 Å². The van der Waals surface area contributed by atoms with Gasteiger partial charge in [0.05, 0.1) is 5.69 Å². The highest BCUT2D eigenvalue weighted by atomic mass is 15.2. The molecule has 0 atom stereocenters. The van der Waals surface area contributed by atoms with Gasteiger partial charge in [-0.05, 0) is 30.5 Å². The van der Waals surface area contributed by atoms with E-state index in [0.717, 1.165) is 44.1 Å². The first-order valence-electron chi connectivity index (χ1n) is 6.64. The zero-order valence-electron chi connectivity index (χ0n) is 10.8. The highest BCUT2D eigenvalue weighted by Crippen LogP contribution is 2.25. The summed E-state index contributed by atoms with van der Waals surface area (Å²) in [6, 6.07) is 8.44. The van der Waals surface area contributed by atoms with E-state index < -0.39 is 0 Å². The van der Waals surface area contributed by atoms with Gasteiger partial charge in [0.15, 0.2) is 0 Å². The Morgan fingerprint density at radius 2 is 1.94 bits per heavy atom. The summed E-state index contributed by atoms with van der Waals surface area (Å²) in [4.78, 5) is 7.28. The normalized spacial score (nSPS) is 19.7. The van der Waals surface area contributed by atoms with E-state index in [9.17, 15) is 0 Å². The van der Waals surface area contributed by atoms with Gasteiger partial charge in [-0.15, -0.1) is 0 Å². The van der Waals surface area contributed by atoms with Gasteiger partial charge in [-0.3, -0.25) is 0 Å². The molecule has 0 unspecified atom stereocenters. The van der Waals surface area contributed by atoms with Gasteiger partial charge in [0, 0.05) is 26.2 Å². The zero-order chi connectivity index (χ0) is 12.4. The van der Waals surface area contributed by atoms with Crippen molar-refractivity contribution in [1.82, 2.24) is 10.2 Å². The quantitative estimate of drug-likeness (QED) is 0.753. The Hall–Kier alpha value is -1.61. The highest BCUT2D eigenvalue weighted by Gasteiger charge is 2.18. The lowest BCUT2D eigenvalue weighted by Gasteiger charge is -2.30. The van der Waals surface area contributed by atoms with E-state index in [-0.39, 0.29) is 0 Å². The van der Waals surface area contributed by atoms with Crippen LogP contribution in [0.5, 0.6) is 0 Å². The molecule has 1 fully saturated rings. The molecule has 0 aromatic heterocycles. The van der Waals surface area contributed by atoms with E-state index >= 15 is 0 Å². The van der Waals surface area contributed by atoms with Crippen molar-refractivity contribution in [3.05, 3.63) is 41.5 Å². The molecule has 0 radical (unpaired) electrons. The summed E-state index contributed by atoms with van der Waals surface area (Å²) in [7, 11) is 0. The fourth-order valence-corrected chi connectivity index (χ4v) is 2.55. The number of allylic oxidation sites excluding steroid dienone is 1. The third-order valence-corrected chi connectivity index (χ3v) is 3.62. The molecule has 18 heavy (non-hydrogen) atoms. The van der Waals surface area contributed by atoms with Crippen molar-refractivity contribution >= 4 is 11.5 Å². The molecular weight excluding hydrogens is 222 g/mol. The maximum absolute atomic E-state index is 4.89. The Morgan fingerprint density at radius 3 is 2.78 bits per heavy atom. The molecule has 2 aliphatic rings. The number of aliphatic imine (C=N–C) groups is 1. The smallest absolute Gasteiger partial charge is 0.131 e. The first-order valence-corrected chi connectivity index (χ1v) is 6.64. The van der Waals surface area contributed by atoms with Crippen LogP contribution in [0.2, 0.25) is 0 Å². The number of fused-ring (bicyclic) bond motifs is 1. The minimum Gasteiger partial charge on any atom is -0.354 e. The van der Waals surface area contributed by atoms with Crippen LogP contribution in [0, 0.1) is 0 Å². The molecule has 3 heteroatoms. The summed E-state index contributed by atoms with van der Waals surface area (Å²) in [6.45, 7) is 6.37. The lowest BCUT2D eigenvalue weighted by molar-refractivity contribution is 0.357. The molecule has 1 aromatic rings. The molecule has 0 saturated carbocycles. The molecule has 0 amide bonds. The van der Waals surface area contributed by atoms with Crippen LogP contribution in [0.1, 0.15) is 12.5 Å². The van der Waals surface area contributed by atoms with Gasteiger partial charge < -0.3 is 10.2 Å². The van der Waals surface area contributed by atoms with E-state index in [1.165, 1.54) is 11.1 Å². The first-order chi connectivity index (χ1) is 8.84. The van der Waals surface area contributed by atoms with Crippen LogP contribution in [0.25, 0.3) is 0 Å². The van der Waals surface area contributed by atoms with Gasteiger partial charge in [-0.1, -0.05) is 24.3 Å². The van der Waals surface area contributed by atoms with Crippen molar-refractivity contribution in [3.8, 4) is 0 Å². The number of amidine groups is 1. The van der Waals surface area contributed by atoms with Crippen molar-refractivity contribution in [2.45, 2.75) is 13.3 Å². The SMILES string of the molecule is CC1=CCc2ccccc2N=C1N1CCNCC1. The largest absolute Gasteiger partial charge is 0.354 e. The summed E-state index contributed by atoms with van der Waals surface area (Å²) < 4.78 is 0. The Kier molecular flexibility index (Phi) is 3.15. The highest BCUT2D eigenvalue weighted by molar-refractivity contribution is 6.00. The van der Waals surface area contributed by atoms with Crippen LogP contribution < -0.4 is 5.32 Å². The summed E-state index contributed by atoms with van der Waals surface area (Å²) >= 11 is 0. The molecule has 3 rings (SSSR count). The van der Waals surface area contributed by atoms with Crippen LogP contribution in [0.4, 0.5) is 5.69 Å². The van der Waals surface area contributed by atoms with Gasteiger partial charge in [0.25, 0.3) is 0 Å². The lowest BCUT2D eigenvalue weighted by Crippen LogP contribution is -2.46. The van der Waals surface area contributed by atoms with E-state index in [1.54, 1.807) is 0 Å². The summed E-state index contributed by atoms with van der Waals surface area (Å²) in [6.07, 6.45) is 3.29. The molecule has 1 saturated heterocycles. The van der Waals surface area contributed by atoms with Crippen LogP contribution in [-0.4, -0.2) is 36.9 Å². The number of hydrogen-bond donors (Lipinski definition) is 1. The second-order valence-electron chi connectivity index (χ2n) is 4.89. The van der Waals surface area contributed by atoms with Crippen molar-refractivity contribution in [3.63, 3.8) is 0 Å². The first kappa shape index (κ1) is 11.5. The minimum atomic E-state index is 0.987. The Balaban J connectivity index is 1.98. The number of nitrogens with one attached hydrogen (secondary N) is 1. The number of para-hydroxylation sites is 1. The second kappa shape index (κ2) is 4.94. The number of piperazine rings is 1. The number of benzene rings is 1. The molecule has 2 aliphatic heterocycles. The van der Waals surface area contributed by atoms with Gasteiger partial charge in [0.2, 0.25) is 0 Å². The average molecular weight is 241 g/mol. The summed E-state index contributed by atoms with van der Waals surface area (Å²) in [5.41, 5.74) is 3.74. The minimum absolute atomic E-state index is 0.987. The summed E-state index contributed by atoms with van der Waals surface area (Å²) in [5.74, 6) is 1.15. The maximum Gasteiger partial charge on any atom is 0.131 e. The van der Waals surface area contributed by atoms with Gasteiger partial charge >= 0.3 is 0 Å². The second-order valence-corrected chi connectivity index (χ2v) is 4.89. The van der Waals surface area contributed by atoms with Crippen LogP contribution in [0.15, 0.2) is 40.9 Å². The van der Waals surface area contributed by atoms with Crippen LogP contribution in [-0.2, 0) is 6.42 Å². The van der Waals surface area contributed by atoms with Gasteiger partial charge in [-0.25, -0.2) is 4.99 Å². The van der Waals surface area contributed by atoms with E-state index in [4.69, 9.17) is 4.99 Å². The van der Waals surface area contributed by atoms with Gasteiger partial charge in [-0.2, -0.15) is 0 Å². The molecule has 0 bridgehead atoms. The number of rotatable bonds is 0. The average Bonchev–Trinajstić information content (AvgIpc) is 2.60. The molecule has 1 aromatic carbocycles. The van der Waals surface area contributed by atoms with Crippen molar-refractivity contribution in [1.29, 1.82) is 0 Å². The third kappa shape index (κ3) is 2.18. The Bertz CT molecular complexity index is 496. The van der Waals surface area contributed by atoms with E-state index in [0.29, 0.717) is 0 Å². The lowest BCUT2D eigenvalue weighted by atomic mass is 10.1. The topological polar surface area (TPSA) is 27.6 Å². The monoisotopic (exact) mass is 241 g/mol. The Labute approximate surface area is 108 Å². The standard InChI is InChI=1S/C15H19N3/c1-12-6-7-13-4-2-3-5-14(13)17-15(12)18-10-8-16-9-11-18/h2-6,16H,7-11H2,1H3. The van der Waals surface area contributed by atoms with Crippen LogP contribution in [0.3, 0.4) is 0 Å². The predicted molar refractivity (Wildman–Crippen MR) is 75.4 cm³/mol. The summed E-state index contributed by atoms with van der Waals surface area (Å²) in [5, 5.41) is 3.39. The van der Waals surface area contributed by atoms with Crippen molar-refractivity contribution in [2.75, 3.05) is 26.2 Å². The Morgan fingerprint density at radius 1 is 1.17 bits per heavy atom. The molecular formula is C15H19N3. The molecule has 94 valence electrons. The molecule has 0 aliphatic carbocycles. The molecule has 2 heterocycles. The van der Waals surface area contributed by atoms with Crippen molar-refractivity contribution < 1.29 is 0 Å². The van der Waals surface area contributed by atoms with Gasteiger partial charge in [0.1, 0.15) is 5.84 Å². The maximum atomic E-state index is 4.89.